The minimum absolute atomic E-state index is 0.0399. The summed E-state index contributed by atoms with van der Waals surface area (Å²) >= 11 is 0. The molecule has 1 saturated heterocycles. The lowest BCUT2D eigenvalue weighted by Gasteiger charge is -2.31. The Kier molecular flexibility index (Phi) is 6.71. The van der Waals surface area contributed by atoms with Gasteiger partial charge in [-0.1, -0.05) is 30.8 Å². The molecule has 1 aromatic heterocycles. The van der Waals surface area contributed by atoms with Gasteiger partial charge in [-0.05, 0) is 37.1 Å². The first kappa shape index (κ1) is 22.5. The van der Waals surface area contributed by atoms with E-state index >= 15 is 0 Å². The van der Waals surface area contributed by atoms with E-state index in [2.05, 4.69) is 32.2 Å². The van der Waals surface area contributed by atoms with Crippen molar-refractivity contribution in [3.63, 3.8) is 0 Å². The quantitative estimate of drug-likeness (QED) is 0.456. The molecule has 10 nitrogen and oxygen atoms in total. The van der Waals surface area contributed by atoms with Gasteiger partial charge < -0.3 is 21.1 Å². The third kappa shape index (κ3) is 5.96. The lowest BCUT2D eigenvalue weighted by Crippen LogP contribution is -2.44. The Morgan fingerprint density at radius 1 is 1.06 bits per heavy atom. The third-order valence-electron chi connectivity index (χ3n) is 5.01. The first-order chi connectivity index (χ1) is 15.9. The van der Waals surface area contributed by atoms with E-state index in [9.17, 15) is 8.42 Å². The van der Waals surface area contributed by atoms with Gasteiger partial charge in [0.1, 0.15) is 11.5 Å². The zero-order valence-corrected chi connectivity index (χ0v) is 18.7. The summed E-state index contributed by atoms with van der Waals surface area (Å²) in [6.07, 6.45) is 1.49. The monoisotopic (exact) mass is 467 g/mol. The van der Waals surface area contributed by atoms with Gasteiger partial charge in [-0.15, -0.1) is 0 Å². The average Bonchev–Trinajstić information content (AvgIpc) is 2.80. The largest absolute Gasteiger partial charge is 0.457 e. The first-order valence-electron chi connectivity index (χ1n) is 10.4. The molecule has 0 bridgehead atoms. The molecule has 4 N–H and O–H groups in total. The number of nitrogens with one attached hydrogen (secondary N) is 2. The second-order valence-electron chi connectivity index (χ2n) is 7.46. The molecule has 172 valence electrons. The van der Waals surface area contributed by atoms with Gasteiger partial charge in [-0.25, -0.2) is 8.42 Å². The summed E-state index contributed by atoms with van der Waals surface area (Å²) in [6, 6.07) is 16.7. The first-order valence-corrected chi connectivity index (χ1v) is 11.9. The molecule has 1 aliphatic heterocycles. The Hall–Kier alpha value is -3.70. The van der Waals surface area contributed by atoms with Crippen LogP contribution in [0.25, 0.3) is 0 Å². The van der Waals surface area contributed by atoms with Gasteiger partial charge >= 0.3 is 0 Å². The van der Waals surface area contributed by atoms with Crippen LogP contribution in [0.15, 0.2) is 66.6 Å². The van der Waals surface area contributed by atoms with Crippen molar-refractivity contribution >= 4 is 33.6 Å². The fourth-order valence-corrected chi connectivity index (χ4v) is 4.47. The third-order valence-corrected chi connectivity index (χ3v) is 6.48. The predicted molar refractivity (Wildman–Crippen MR) is 128 cm³/mol. The van der Waals surface area contributed by atoms with Gasteiger partial charge in [0.2, 0.25) is 27.9 Å². The van der Waals surface area contributed by atoms with Crippen LogP contribution in [-0.4, -0.2) is 46.8 Å². The van der Waals surface area contributed by atoms with E-state index in [1.54, 1.807) is 0 Å². The maximum Gasteiger partial charge on any atom is 0.235 e. The number of hydrogen-bond acceptors (Lipinski definition) is 9. The van der Waals surface area contributed by atoms with E-state index in [1.165, 1.54) is 4.31 Å². The number of para-hydroxylation sites is 1. The predicted octanol–water partition coefficient (Wildman–Crippen LogP) is 3.34. The second kappa shape index (κ2) is 9.84. The van der Waals surface area contributed by atoms with Gasteiger partial charge in [-0.3, -0.25) is 0 Å². The molecule has 4 rings (SSSR count). The lowest BCUT2D eigenvalue weighted by atomic mass is 10.1. The molecule has 2 heterocycles. The topological polar surface area (TPSA) is 135 Å². The second-order valence-corrected chi connectivity index (χ2v) is 9.34. The van der Waals surface area contributed by atoms with E-state index < -0.39 is 10.0 Å². The molecule has 33 heavy (non-hydrogen) atoms. The van der Waals surface area contributed by atoms with E-state index in [4.69, 9.17) is 10.5 Å². The van der Waals surface area contributed by atoms with Crippen LogP contribution in [0.1, 0.15) is 12.8 Å². The maximum absolute atomic E-state index is 12.1. The number of nitrogen functional groups attached to an aromatic ring is 1. The number of benzene rings is 2. The van der Waals surface area contributed by atoms with Crippen LogP contribution in [0, 0.1) is 0 Å². The number of anilines is 4. The van der Waals surface area contributed by atoms with Crippen molar-refractivity contribution in [2.24, 2.45) is 0 Å². The van der Waals surface area contributed by atoms with Crippen molar-refractivity contribution in [1.29, 1.82) is 0 Å². The minimum atomic E-state index is -3.48. The lowest BCUT2D eigenvalue weighted by molar-refractivity contribution is 0.330. The average molecular weight is 468 g/mol. The van der Waals surface area contributed by atoms with Crippen LogP contribution >= 0.6 is 0 Å². The van der Waals surface area contributed by atoms with Crippen LogP contribution in [-0.2, 0) is 10.0 Å². The summed E-state index contributed by atoms with van der Waals surface area (Å²) in [4.78, 5) is 12.7. The van der Waals surface area contributed by atoms with Crippen molar-refractivity contribution in [3.05, 3.63) is 66.6 Å². The van der Waals surface area contributed by atoms with Gasteiger partial charge in [0.25, 0.3) is 0 Å². The number of sulfonamides is 1. The normalized spacial score (nSPS) is 16.7. The highest BCUT2D eigenvalue weighted by Gasteiger charge is 2.27. The minimum Gasteiger partial charge on any atom is -0.457 e. The number of hydrogen-bond donors (Lipinski definition) is 3. The molecule has 0 unspecified atom stereocenters. The van der Waals surface area contributed by atoms with Crippen LogP contribution < -0.4 is 21.1 Å². The number of rotatable bonds is 8. The van der Waals surface area contributed by atoms with E-state index in [0.29, 0.717) is 30.9 Å². The molecule has 1 atom stereocenters. The molecule has 1 fully saturated rings. The summed E-state index contributed by atoms with van der Waals surface area (Å²) in [5.41, 5.74) is 6.59. The fraction of sp³-hybridized carbons (Fsp3) is 0.227. The standard InChI is InChI=1S/C22H25N7O3S/c1-2-33(30,31)29-13-7-9-17(15-29)25-22-27-20(23)26-21(28-22)24-16-8-6-12-19(14-16)32-18-10-4-3-5-11-18/h2-6,8,10-12,14,17H,1,7,9,13,15H2,(H4,23,24,25,26,27,28)/t17-/m1/s1. The SMILES string of the molecule is C=CS(=O)(=O)N1CCC[C@@H](Nc2nc(N)nc(Nc3cccc(Oc4ccccc4)c3)n2)C1. The number of nitrogens with zero attached hydrogens (tertiary/aromatic N) is 4. The Bertz CT molecular complexity index is 1220. The van der Waals surface area contributed by atoms with E-state index in [-0.39, 0.29) is 23.9 Å². The van der Waals surface area contributed by atoms with Crippen molar-refractivity contribution in [2.75, 3.05) is 29.5 Å². The fourth-order valence-electron chi connectivity index (χ4n) is 3.48. The Morgan fingerprint density at radius 3 is 2.61 bits per heavy atom. The van der Waals surface area contributed by atoms with Gasteiger partial charge in [0, 0.05) is 36.3 Å². The number of piperidine rings is 1. The molecule has 0 amide bonds. The van der Waals surface area contributed by atoms with Crippen LogP contribution in [0.4, 0.5) is 23.5 Å². The summed E-state index contributed by atoms with van der Waals surface area (Å²) in [7, 11) is -3.48. The van der Waals surface area contributed by atoms with E-state index in [1.807, 2.05) is 54.6 Å². The van der Waals surface area contributed by atoms with Gasteiger partial charge in [-0.2, -0.15) is 19.3 Å². The molecular formula is C22H25N7O3S. The Morgan fingerprint density at radius 2 is 1.82 bits per heavy atom. The molecule has 11 heteroatoms. The molecule has 0 saturated carbocycles. The van der Waals surface area contributed by atoms with Crippen molar-refractivity contribution < 1.29 is 13.2 Å². The molecule has 3 aromatic rings. The molecule has 0 aliphatic carbocycles. The summed E-state index contributed by atoms with van der Waals surface area (Å²) in [6.45, 7) is 4.14. The maximum atomic E-state index is 12.1. The summed E-state index contributed by atoms with van der Waals surface area (Å²) in [5, 5.41) is 7.25. The van der Waals surface area contributed by atoms with Crippen molar-refractivity contribution in [1.82, 2.24) is 19.3 Å². The molecule has 1 aliphatic rings. The summed E-state index contributed by atoms with van der Waals surface area (Å²) in [5.74, 6) is 1.94. The van der Waals surface area contributed by atoms with E-state index in [0.717, 1.165) is 17.6 Å². The van der Waals surface area contributed by atoms with Crippen LogP contribution in [0.3, 0.4) is 0 Å². The molecule has 0 spiro atoms. The molecule has 2 aromatic carbocycles. The highest BCUT2D eigenvalue weighted by molar-refractivity contribution is 7.92. The van der Waals surface area contributed by atoms with Crippen LogP contribution in [0.2, 0.25) is 0 Å². The van der Waals surface area contributed by atoms with Gasteiger partial charge in [0.15, 0.2) is 0 Å². The number of aromatic nitrogens is 3. The Labute approximate surface area is 192 Å². The molecule has 0 radical (unpaired) electrons. The van der Waals surface area contributed by atoms with Gasteiger partial charge in [0.05, 0.1) is 0 Å². The molecular weight excluding hydrogens is 442 g/mol. The smallest absolute Gasteiger partial charge is 0.235 e. The highest BCUT2D eigenvalue weighted by Crippen LogP contribution is 2.25. The number of ether oxygens (including phenoxy) is 1. The Balaban J connectivity index is 1.46. The zero-order chi connectivity index (χ0) is 23.3. The zero-order valence-electron chi connectivity index (χ0n) is 17.9. The van der Waals surface area contributed by atoms with Crippen LogP contribution in [0.5, 0.6) is 11.5 Å². The highest BCUT2D eigenvalue weighted by atomic mass is 32.2. The van der Waals surface area contributed by atoms with Crippen molar-refractivity contribution in [3.8, 4) is 11.5 Å². The summed E-state index contributed by atoms with van der Waals surface area (Å²) < 4.78 is 31.5. The van der Waals surface area contributed by atoms with Crippen molar-refractivity contribution in [2.45, 2.75) is 18.9 Å². The number of nitrogens with two attached hydrogens (primary N) is 1.